The van der Waals surface area contributed by atoms with Crippen LogP contribution in [-0.2, 0) is 4.79 Å². The number of halogens is 1. The average molecular weight is 436 g/mol. The van der Waals surface area contributed by atoms with Crippen LogP contribution in [0.3, 0.4) is 0 Å². The summed E-state index contributed by atoms with van der Waals surface area (Å²) in [5, 5.41) is 12.8. The van der Waals surface area contributed by atoms with Crippen molar-refractivity contribution in [1.82, 2.24) is 9.97 Å². The lowest BCUT2D eigenvalue weighted by molar-refractivity contribution is -0.117. The van der Waals surface area contributed by atoms with Gasteiger partial charge in [-0.3, -0.25) is 14.7 Å². The van der Waals surface area contributed by atoms with E-state index in [4.69, 9.17) is 4.98 Å². The van der Waals surface area contributed by atoms with Crippen LogP contribution >= 0.6 is 0 Å². The summed E-state index contributed by atoms with van der Waals surface area (Å²) in [7, 11) is 0. The van der Waals surface area contributed by atoms with E-state index in [9.17, 15) is 14.3 Å². The van der Waals surface area contributed by atoms with E-state index in [0.29, 0.717) is 53.3 Å². The number of fused-ring (bicyclic) bond motifs is 1. The fourth-order valence-electron chi connectivity index (χ4n) is 4.55. The Morgan fingerprint density at radius 1 is 1.22 bits per heavy atom. The molecule has 0 radical (unpaired) electrons. The normalized spacial score (nSPS) is 22.5. The van der Waals surface area contributed by atoms with Gasteiger partial charge in [0.05, 0.1) is 36.6 Å². The van der Waals surface area contributed by atoms with E-state index in [-0.39, 0.29) is 18.6 Å². The van der Waals surface area contributed by atoms with Crippen molar-refractivity contribution in [3.05, 3.63) is 35.3 Å². The lowest BCUT2D eigenvalue weighted by atomic mass is 9.87. The number of nitrogens with zero attached hydrogens (tertiary/aromatic N) is 5. The molecule has 9 heteroatoms. The summed E-state index contributed by atoms with van der Waals surface area (Å²) in [6.45, 7) is 3.06. The molecular formula is C23H25FN6O2. The molecule has 3 heterocycles. The number of aliphatic hydroxyl groups is 1. The van der Waals surface area contributed by atoms with Crippen LogP contribution in [0.2, 0.25) is 0 Å². The molecule has 0 spiro atoms. The van der Waals surface area contributed by atoms with E-state index in [1.54, 1.807) is 23.4 Å². The first-order valence-electron chi connectivity index (χ1n) is 11.0. The van der Waals surface area contributed by atoms with Crippen molar-refractivity contribution in [2.75, 3.05) is 29.9 Å². The van der Waals surface area contributed by atoms with E-state index in [0.717, 1.165) is 31.2 Å². The van der Waals surface area contributed by atoms with Gasteiger partial charge in [-0.2, -0.15) is 0 Å². The molecule has 3 aliphatic rings. The third-order valence-corrected chi connectivity index (χ3v) is 6.34. The maximum Gasteiger partial charge on any atom is 0.247 e. The topological polar surface area (TPSA) is 103 Å². The highest BCUT2D eigenvalue weighted by molar-refractivity contribution is 6.07. The van der Waals surface area contributed by atoms with E-state index in [2.05, 4.69) is 20.3 Å². The number of aliphatic hydroxyl groups excluding tert-OH is 1. The third kappa shape index (κ3) is 3.88. The molecule has 0 saturated heterocycles. The summed E-state index contributed by atoms with van der Waals surface area (Å²) in [6.07, 6.45) is 6.26. The molecule has 166 valence electrons. The lowest BCUT2D eigenvalue weighted by Crippen LogP contribution is -2.44. The molecule has 5 rings (SSSR count). The number of aromatic nitrogens is 2. The van der Waals surface area contributed by atoms with Crippen LogP contribution < -0.4 is 10.2 Å². The molecule has 1 aliphatic carbocycles. The number of hydrogen-bond acceptors (Lipinski definition) is 7. The zero-order chi connectivity index (χ0) is 22.2. The standard InChI is InChI=1S/C23H25FN6O2/c1-13-8-17(21-25-6-7-26-21)18(24)9-16(13)19-10-27-22-23(29-19)30(20(32)11-28-22)12-14-2-4-15(31)5-3-14/h6,8-10,14-15,31H,2-5,7,11-12H2,1H3,(H,27,28). The Hall–Kier alpha value is -3.20. The Morgan fingerprint density at radius 2 is 2.03 bits per heavy atom. The molecule has 1 aromatic carbocycles. The third-order valence-electron chi connectivity index (χ3n) is 6.34. The van der Waals surface area contributed by atoms with Gasteiger partial charge in [0.15, 0.2) is 17.5 Å². The minimum atomic E-state index is -0.422. The zero-order valence-corrected chi connectivity index (χ0v) is 17.9. The van der Waals surface area contributed by atoms with Crippen molar-refractivity contribution in [2.24, 2.45) is 15.9 Å². The number of anilines is 2. The first-order valence-corrected chi connectivity index (χ1v) is 11.0. The van der Waals surface area contributed by atoms with Gasteiger partial charge in [0, 0.05) is 18.3 Å². The molecule has 0 atom stereocenters. The largest absolute Gasteiger partial charge is 0.393 e. The fourth-order valence-corrected chi connectivity index (χ4v) is 4.55. The first-order chi connectivity index (χ1) is 15.5. The van der Waals surface area contributed by atoms with Crippen molar-refractivity contribution in [1.29, 1.82) is 0 Å². The van der Waals surface area contributed by atoms with E-state index in [1.807, 2.05) is 6.92 Å². The summed E-state index contributed by atoms with van der Waals surface area (Å²) in [4.78, 5) is 32.0. The van der Waals surface area contributed by atoms with E-state index in [1.165, 1.54) is 6.07 Å². The summed E-state index contributed by atoms with van der Waals surface area (Å²) < 4.78 is 14.9. The van der Waals surface area contributed by atoms with E-state index < -0.39 is 5.82 Å². The van der Waals surface area contributed by atoms with Crippen molar-refractivity contribution < 1.29 is 14.3 Å². The van der Waals surface area contributed by atoms with Crippen LogP contribution in [0.5, 0.6) is 0 Å². The van der Waals surface area contributed by atoms with Gasteiger partial charge >= 0.3 is 0 Å². The monoisotopic (exact) mass is 436 g/mol. The number of carbonyl (C=O) groups is 1. The summed E-state index contributed by atoms with van der Waals surface area (Å²) in [6, 6.07) is 3.16. The number of hydrogen-bond donors (Lipinski definition) is 2. The minimum absolute atomic E-state index is 0.0644. The van der Waals surface area contributed by atoms with Gasteiger partial charge < -0.3 is 10.4 Å². The van der Waals surface area contributed by atoms with Crippen molar-refractivity contribution >= 4 is 29.6 Å². The molecule has 1 fully saturated rings. The second-order valence-electron chi connectivity index (χ2n) is 8.58. The fraction of sp³-hybridized carbons (Fsp3) is 0.435. The van der Waals surface area contributed by atoms with Gasteiger partial charge in [0.2, 0.25) is 5.91 Å². The molecule has 1 aromatic heterocycles. The number of aliphatic imine (C=N–C) groups is 2. The Balaban J connectivity index is 1.47. The predicted molar refractivity (Wildman–Crippen MR) is 121 cm³/mol. The van der Waals surface area contributed by atoms with Gasteiger partial charge in [-0.05, 0) is 56.2 Å². The van der Waals surface area contributed by atoms with Crippen molar-refractivity contribution in [3.8, 4) is 11.3 Å². The van der Waals surface area contributed by atoms with Gasteiger partial charge in [-0.1, -0.05) is 0 Å². The smallest absolute Gasteiger partial charge is 0.247 e. The van der Waals surface area contributed by atoms with Gasteiger partial charge in [-0.25, -0.2) is 19.4 Å². The number of benzene rings is 1. The van der Waals surface area contributed by atoms with Gasteiger partial charge in [0.25, 0.3) is 0 Å². The second kappa shape index (κ2) is 8.38. The predicted octanol–water partition coefficient (Wildman–Crippen LogP) is 2.73. The zero-order valence-electron chi connectivity index (χ0n) is 17.9. The van der Waals surface area contributed by atoms with Crippen LogP contribution in [0.4, 0.5) is 16.0 Å². The van der Waals surface area contributed by atoms with Crippen LogP contribution in [-0.4, -0.2) is 58.8 Å². The molecule has 1 saturated carbocycles. The SMILES string of the molecule is Cc1cc(C2=NCC=N2)c(F)cc1-c1cnc2c(n1)N(CC1CCC(O)CC1)C(=O)CN2. The van der Waals surface area contributed by atoms with Gasteiger partial charge in [-0.15, -0.1) is 0 Å². The Bertz CT molecular complexity index is 1120. The summed E-state index contributed by atoms with van der Waals surface area (Å²) in [5.41, 5.74) is 2.30. The highest BCUT2D eigenvalue weighted by Crippen LogP contribution is 2.33. The van der Waals surface area contributed by atoms with Crippen LogP contribution in [0.15, 0.2) is 28.3 Å². The van der Waals surface area contributed by atoms with Crippen LogP contribution in [0, 0.1) is 18.7 Å². The molecule has 2 aromatic rings. The first kappa shape index (κ1) is 20.7. The molecule has 8 nitrogen and oxygen atoms in total. The lowest BCUT2D eigenvalue weighted by Gasteiger charge is -2.33. The molecule has 32 heavy (non-hydrogen) atoms. The van der Waals surface area contributed by atoms with Crippen molar-refractivity contribution in [3.63, 3.8) is 0 Å². The highest BCUT2D eigenvalue weighted by Gasteiger charge is 2.31. The molecular weight excluding hydrogens is 411 g/mol. The highest BCUT2D eigenvalue weighted by atomic mass is 19.1. The number of amides is 1. The number of aryl methyl sites for hydroxylation is 1. The molecule has 2 aliphatic heterocycles. The maximum atomic E-state index is 14.9. The average Bonchev–Trinajstić information content (AvgIpc) is 3.33. The Labute approximate surface area is 185 Å². The van der Waals surface area contributed by atoms with Crippen LogP contribution in [0.25, 0.3) is 11.3 Å². The maximum absolute atomic E-state index is 14.9. The number of rotatable bonds is 4. The summed E-state index contributed by atoms with van der Waals surface area (Å²) in [5.74, 6) is 1.24. The molecule has 1 amide bonds. The number of nitrogens with one attached hydrogen (secondary N) is 1. The number of amidine groups is 1. The molecule has 0 unspecified atom stereocenters. The number of carbonyl (C=O) groups excluding carboxylic acids is 1. The Morgan fingerprint density at radius 3 is 2.78 bits per heavy atom. The van der Waals surface area contributed by atoms with Gasteiger partial charge in [0.1, 0.15) is 5.82 Å². The second-order valence-corrected chi connectivity index (χ2v) is 8.58. The Kier molecular flexibility index (Phi) is 5.42. The van der Waals surface area contributed by atoms with Crippen molar-refractivity contribution in [2.45, 2.75) is 38.7 Å². The molecule has 2 N–H and O–H groups in total. The summed E-state index contributed by atoms with van der Waals surface area (Å²) >= 11 is 0. The van der Waals surface area contributed by atoms with Crippen LogP contribution in [0.1, 0.15) is 36.8 Å². The quantitative estimate of drug-likeness (QED) is 0.767. The molecule has 0 bridgehead atoms. The van der Waals surface area contributed by atoms with E-state index >= 15 is 0 Å². The minimum Gasteiger partial charge on any atom is -0.393 e.